The molecule has 0 radical (unpaired) electrons. The summed E-state index contributed by atoms with van der Waals surface area (Å²) in [5.41, 5.74) is -0.152. The van der Waals surface area contributed by atoms with Gasteiger partial charge in [0, 0.05) is 6.21 Å². The van der Waals surface area contributed by atoms with Crippen molar-refractivity contribution in [3.63, 3.8) is 0 Å². The second kappa shape index (κ2) is 4.12. The smallest absolute Gasteiger partial charge is 0.129 e. The van der Waals surface area contributed by atoms with E-state index in [0.717, 1.165) is 5.92 Å². The number of hydrogen-bond donors (Lipinski definition) is 0. The van der Waals surface area contributed by atoms with E-state index in [0.29, 0.717) is 5.92 Å². The Bertz CT molecular complexity index is 181. The van der Waals surface area contributed by atoms with E-state index < -0.39 is 0 Å². The van der Waals surface area contributed by atoms with E-state index in [1.165, 1.54) is 19.3 Å². The summed E-state index contributed by atoms with van der Waals surface area (Å²) in [5, 5.41) is 4.03. The Labute approximate surface area is 81.3 Å². The van der Waals surface area contributed by atoms with Crippen molar-refractivity contribution in [1.82, 2.24) is 0 Å². The molecular formula is C11H21NO. The monoisotopic (exact) mass is 183 g/mol. The largest absolute Gasteiger partial charge is 0.390 e. The predicted molar refractivity (Wildman–Crippen MR) is 55.8 cm³/mol. The second-order valence-electron chi connectivity index (χ2n) is 5.14. The van der Waals surface area contributed by atoms with Gasteiger partial charge in [0.2, 0.25) is 0 Å². The Kier molecular flexibility index (Phi) is 3.34. The van der Waals surface area contributed by atoms with Crippen LogP contribution in [0.2, 0.25) is 0 Å². The summed E-state index contributed by atoms with van der Waals surface area (Å²) >= 11 is 0. The summed E-state index contributed by atoms with van der Waals surface area (Å²) in [6, 6.07) is 0. The Hall–Kier alpha value is -0.530. The molecule has 0 aliphatic heterocycles. The van der Waals surface area contributed by atoms with E-state index in [1.54, 1.807) is 0 Å². The maximum Gasteiger partial charge on any atom is 0.129 e. The molecule has 2 heteroatoms. The molecule has 13 heavy (non-hydrogen) atoms. The van der Waals surface area contributed by atoms with Crippen LogP contribution in [-0.2, 0) is 4.84 Å². The molecule has 0 saturated heterocycles. The molecule has 76 valence electrons. The average molecular weight is 183 g/mol. The molecule has 0 spiro atoms. The lowest BCUT2D eigenvalue weighted by molar-refractivity contribution is 0.00116. The first-order valence-electron chi connectivity index (χ1n) is 5.19. The molecule has 0 N–H and O–H groups in total. The molecule has 1 aliphatic carbocycles. The van der Waals surface area contributed by atoms with Crippen LogP contribution in [0.5, 0.6) is 0 Å². The zero-order chi connectivity index (χ0) is 9.90. The van der Waals surface area contributed by atoms with Crippen LogP contribution in [-0.4, -0.2) is 11.8 Å². The Morgan fingerprint density at radius 2 is 2.00 bits per heavy atom. The van der Waals surface area contributed by atoms with Crippen LogP contribution in [0.3, 0.4) is 0 Å². The third-order valence-electron chi connectivity index (χ3n) is 2.33. The average Bonchev–Trinajstić information content (AvgIpc) is 2.33. The van der Waals surface area contributed by atoms with Crippen LogP contribution in [0.25, 0.3) is 0 Å². The van der Waals surface area contributed by atoms with Crippen LogP contribution >= 0.6 is 0 Å². The van der Waals surface area contributed by atoms with Gasteiger partial charge < -0.3 is 4.84 Å². The first kappa shape index (κ1) is 10.6. The van der Waals surface area contributed by atoms with Crippen molar-refractivity contribution in [2.75, 3.05) is 0 Å². The molecule has 2 nitrogen and oxygen atoms in total. The van der Waals surface area contributed by atoms with Crippen molar-refractivity contribution in [2.24, 2.45) is 17.0 Å². The minimum absolute atomic E-state index is 0.152. The van der Waals surface area contributed by atoms with E-state index in [1.807, 2.05) is 27.0 Å². The van der Waals surface area contributed by atoms with Gasteiger partial charge in [-0.2, -0.15) is 0 Å². The normalized spacial score (nSPS) is 29.8. The van der Waals surface area contributed by atoms with Gasteiger partial charge in [-0.3, -0.25) is 0 Å². The lowest BCUT2D eigenvalue weighted by atomic mass is 10.1. The maximum atomic E-state index is 5.30. The Morgan fingerprint density at radius 1 is 1.31 bits per heavy atom. The van der Waals surface area contributed by atoms with Crippen LogP contribution in [0, 0.1) is 11.8 Å². The van der Waals surface area contributed by atoms with Gasteiger partial charge in [-0.05, 0) is 45.4 Å². The van der Waals surface area contributed by atoms with Crippen LogP contribution in [0.15, 0.2) is 5.16 Å². The Morgan fingerprint density at radius 3 is 2.46 bits per heavy atom. The van der Waals surface area contributed by atoms with Gasteiger partial charge in [0.25, 0.3) is 0 Å². The summed E-state index contributed by atoms with van der Waals surface area (Å²) in [6.07, 6.45) is 5.87. The summed E-state index contributed by atoms with van der Waals surface area (Å²) in [5.74, 6) is 1.52. The predicted octanol–water partition coefficient (Wildman–Crippen LogP) is 3.22. The van der Waals surface area contributed by atoms with Gasteiger partial charge in [-0.25, -0.2) is 0 Å². The number of oxime groups is 1. The van der Waals surface area contributed by atoms with Gasteiger partial charge in [0.05, 0.1) is 0 Å². The second-order valence-corrected chi connectivity index (χ2v) is 5.14. The van der Waals surface area contributed by atoms with Crippen LogP contribution in [0.4, 0.5) is 0 Å². The highest BCUT2D eigenvalue weighted by Gasteiger charge is 2.19. The number of rotatable bonds is 2. The zero-order valence-electron chi connectivity index (χ0n) is 9.21. The van der Waals surface area contributed by atoms with Crippen molar-refractivity contribution >= 4 is 6.21 Å². The highest BCUT2D eigenvalue weighted by atomic mass is 16.6. The first-order chi connectivity index (χ1) is 5.97. The molecule has 0 aromatic rings. The fraction of sp³-hybridized carbons (Fsp3) is 0.909. The summed E-state index contributed by atoms with van der Waals surface area (Å²) in [6.45, 7) is 8.35. The minimum atomic E-state index is -0.152. The molecule has 2 unspecified atom stereocenters. The molecule has 2 atom stereocenters. The van der Waals surface area contributed by atoms with E-state index in [9.17, 15) is 0 Å². The van der Waals surface area contributed by atoms with Gasteiger partial charge in [-0.1, -0.05) is 18.5 Å². The van der Waals surface area contributed by atoms with Crippen LogP contribution in [0.1, 0.15) is 47.0 Å². The highest BCUT2D eigenvalue weighted by molar-refractivity contribution is 5.60. The molecule has 0 aromatic carbocycles. The molecular weight excluding hydrogens is 162 g/mol. The minimum Gasteiger partial charge on any atom is -0.390 e. The summed E-state index contributed by atoms with van der Waals surface area (Å²) < 4.78 is 0. The fourth-order valence-electron chi connectivity index (χ4n) is 1.66. The van der Waals surface area contributed by atoms with E-state index in [2.05, 4.69) is 12.1 Å². The first-order valence-corrected chi connectivity index (χ1v) is 5.19. The molecule has 0 heterocycles. The maximum absolute atomic E-state index is 5.30. The number of hydrogen-bond acceptors (Lipinski definition) is 2. The molecule has 1 aliphatic rings. The lowest BCUT2D eigenvalue weighted by Crippen LogP contribution is -2.16. The Balaban J connectivity index is 2.25. The summed E-state index contributed by atoms with van der Waals surface area (Å²) in [7, 11) is 0. The third-order valence-corrected chi connectivity index (χ3v) is 2.33. The van der Waals surface area contributed by atoms with Gasteiger partial charge in [-0.15, -0.1) is 0 Å². The van der Waals surface area contributed by atoms with Crippen LogP contribution < -0.4 is 0 Å². The standard InChI is InChI=1S/C11H21NO/c1-9-5-6-10(7-9)8-12-13-11(2,3)4/h8-10H,5-7H2,1-4H3/b12-8+. The molecule has 0 amide bonds. The topological polar surface area (TPSA) is 21.6 Å². The SMILES string of the molecule is CC1CCC(/C=N/OC(C)(C)C)C1. The highest BCUT2D eigenvalue weighted by Crippen LogP contribution is 2.28. The van der Waals surface area contributed by atoms with Crippen molar-refractivity contribution in [3.8, 4) is 0 Å². The molecule has 1 saturated carbocycles. The summed E-state index contributed by atoms with van der Waals surface area (Å²) in [4.78, 5) is 5.30. The van der Waals surface area contributed by atoms with Gasteiger partial charge in [0.1, 0.15) is 5.60 Å². The van der Waals surface area contributed by atoms with Gasteiger partial charge >= 0.3 is 0 Å². The quantitative estimate of drug-likeness (QED) is 0.476. The van der Waals surface area contributed by atoms with E-state index >= 15 is 0 Å². The molecule has 0 aromatic heterocycles. The van der Waals surface area contributed by atoms with Crippen molar-refractivity contribution < 1.29 is 4.84 Å². The molecule has 1 fully saturated rings. The zero-order valence-corrected chi connectivity index (χ0v) is 9.21. The van der Waals surface area contributed by atoms with Crippen molar-refractivity contribution in [2.45, 2.75) is 52.6 Å². The lowest BCUT2D eigenvalue weighted by Gasteiger charge is -2.15. The molecule has 0 bridgehead atoms. The number of nitrogens with zero attached hydrogens (tertiary/aromatic N) is 1. The third kappa shape index (κ3) is 4.30. The van der Waals surface area contributed by atoms with Crippen molar-refractivity contribution in [3.05, 3.63) is 0 Å². The van der Waals surface area contributed by atoms with Crippen molar-refractivity contribution in [1.29, 1.82) is 0 Å². The van der Waals surface area contributed by atoms with E-state index in [-0.39, 0.29) is 5.60 Å². The van der Waals surface area contributed by atoms with E-state index in [4.69, 9.17) is 4.84 Å². The van der Waals surface area contributed by atoms with Gasteiger partial charge in [0.15, 0.2) is 0 Å². The fourth-order valence-corrected chi connectivity index (χ4v) is 1.66. The molecule has 1 rings (SSSR count).